The summed E-state index contributed by atoms with van der Waals surface area (Å²) in [5.41, 5.74) is -0.167. The van der Waals surface area contributed by atoms with E-state index in [1.54, 1.807) is 13.1 Å². The van der Waals surface area contributed by atoms with E-state index in [0.29, 0.717) is 17.0 Å². The maximum Gasteiger partial charge on any atom is 0.416 e. The minimum atomic E-state index is -4.42. The number of hydrogen-bond acceptors (Lipinski definition) is 6. The Labute approximate surface area is 211 Å². The summed E-state index contributed by atoms with van der Waals surface area (Å²) in [7, 11) is 0. The normalized spacial score (nSPS) is 13.8. The first-order chi connectivity index (χ1) is 17.5. The lowest BCUT2D eigenvalue weighted by Gasteiger charge is -2.24. The number of hydrogen-bond donors (Lipinski definition) is 0. The van der Waals surface area contributed by atoms with Gasteiger partial charge >= 0.3 is 12.1 Å². The Morgan fingerprint density at radius 2 is 1.78 bits per heavy atom. The van der Waals surface area contributed by atoms with Crippen molar-refractivity contribution >= 4 is 5.97 Å². The van der Waals surface area contributed by atoms with Gasteiger partial charge in [-0.1, -0.05) is 12.1 Å². The summed E-state index contributed by atoms with van der Waals surface area (Å²) in [6, 6.07) is 8.70. The third kappa shape index (κ3) is 6.36. The lowest BCUT2D eigenvalue weighted by atomic mass is 10.1. The van der Waals surface area contributed by atoms with Gasteiger partial charge in [0.05, 0.1) is 17.9 Å². The molecule has 1 heterocycles. The number of aromatic nitrogens is 2. The Bertz CT molecular complexity index is 1270. The van der Waals surface area contributed by atoms with Crippen molar-refractivity contribution in [2.75, 3.05) is 6.61 Å². The molecule has 0 radical (unpaired) electrons. The second-order valence-electron chi connectivity index (χ2n) is 9.17. The molecule has 196 valence electrons. The number of carbonyl (C=O) groups excluding carboxylic acids is 1. The molecule has 6 nitrogen and oxygen atoms in total. The molecule has 2 aromatic carbocycles. The van der Waals surface area contributed by atoms with Gasteiger partial charge in [0.15, 0.2) is 23.0 Å². The molecule has 3 aromatic rings. The molecule has 1 aromatic heterocycles. The first-order valence-corrected chi connectivity index (χ1v) is 11.8. The number of alkyl halides is 3. The molecule has 0 saturated heterocycles. The van der Waals surface area contributed by atoms with Crippen LogP contribution in [-0.4, -0.2) is 28.1 Å². The monoisotopic (exact) mass is 518 g/mol. The van der Waals surface area contributed by atoms with Crippen LogP contribution in [0.15, 0.2) is 48.7 Å². The smallest absolute Gasteiger partial charge is 0.416 e. The molecule has 0 aliphatic heterocycles. The summed E-state index contributed by atoms with van der Waals surface area (Å²) in [4.78, 5) is 20.9. The van der Waals surface area contributed by atoms with Crippen molar-refractivity contribution in [3.05, 3.63) is 71.3 Å². The highest BCUT2D eigenvalue weighted by Crippen LogP contribution is 2.41. The predicted octanol–water partition coefficient (Wildman–Crippen LogP) is 6.48. The Kier molecular flexibility index (Phi) is 7.38. The molecule has 10 heteroatoms. The highest BCUT2D eigenvalue weighted by Gasteiger charge is 2.33. The average molecular weight is 519 g/mol. The van der Waals surface area contributed by atoms with Crippen molar-refractivity contribution in [2.24, 2.45) is 0 Å². The van der Waals surface area contributed by atoms with Crippen molar-refractivity contribution < 1.29 is 36.6 Å². The first-order valence-electron chi connectivity index (χ1n) is 11.8. The number of rotatable bonds is 9. The fourth-order valence-electron chi connectivity index (χ4n) is 3.65. The van der Waals surface area contributed by atoms with Crippen LogP contribution in [-0.2, 0) is 22.3 Å². The molecular formula is C27H26F4N2O4. The number of halogens is 4. The van der Waals surface area contributed by atoms with E-state index in [1.165, 1.54) is 38.1 Å². The molecule has 1 saturated carbocycles. The van der Waals surface area contributed by atoms with E-state index >= 15 is 0 Å². The fraction of sp³-hybridized carbons (Fsp3) is 0.370. The topological polar surface area (TPSA) is 70.5 Å². The Morgan fingerprint density at radius 1 is 1.08 bits per heavy atom. The van der Waals surface area contributed by atoms with Crippen molar-refractivity contribution in [3.63, 3.8) is 0 Å². The van der Waals surface area contributed by atoms with Crippen LogP contribution in [0.4, 0.5) is 17.6 Å². The van der Waals surface area contributed by atoms with Crippen LogP contribution in [0, 0.1) is 5.82 Å². The van der Waals surface area contributed by atoms with E-state index in [-0.39, 0.29) is 30.6 Å². The minimum absolute atomic E-state index is 0.00453. The van der Waals surface area contributed by atoms with Crippen LogP contribution in [0.1, 0.15) is 56.4 Å². The van der Waals surface area contributed by atoms with E-state index < -0.39 is 29.1 Å². The summed E-state index contributed by atoms with van der Waals surface area (Å²) in [6.07, 6.45) is -1.01. The summed E-state index contributed by atoms with van der Waals surface area (Å²) in [5.74, 6) is -0.604. The highest BCUT2D eigenvalue weighted by molar-refractivity contribution is 5.79. The third-order valence-corrected chi connectivity index (χ3v) is 5.76. The van der Waals surface area contributed by atoms with Crippen LogP contribution in [0.25, 0.3) is 11.4 Å². The quantitative estimate of drug-likeness (QED) is 0.239. The Balaban J connectivity index is 1.47. The van der Waals surface area contributed by atoms with Crippen LogP contribution in [0.3, 0.4) is 0 Å². The maximum absolute atomic E-state index is 14.7. The molecule has 1 aliphatic rings. The summed E-state index contributed by atoms with van der Waals surface area (Å²) in [5, 5.41) is 0. The molecule has 0 spiro atoms. The number of nitrogens with zero attached hydrogens (tertiary/aromatic N) is 2. The predicted molar refractivity (Wildman–Crippen MR) is 127 cm³/mol. The SMILES string of the molecule is CCOC(=O)C(C)(C)Oc1ccc(OCc2cnc(-c3ccc(C(F)(F)F)cc3)nc2C2CC2)c(F)c1. The highest BCUT2D eigenvalue weighted by atomic mass is 19.4. The van der Waals surface area contributed by atoms with E-state index in [1.807, 2.05) is 0 Å². The zero-order valence-electron chi connectivity index (χ0n) is 20.6. The molecular weight excluding hydrogens is 492 g/mol. The lowest BCUT2D eigenvalue weighted by molar-refractivity contribution is -0.158. The average Bonchev–Trinajstić information content (AvgIpc) is 3.68. The number of ether oxygens (including phenoxy) is 3. The van der Waals surface area contributed by atoms with Gasteiger partial charge in [-0.25, -0.2) is 19.2 Å². The number of esters is 1. The summed E-state index contributed by atoms with van der Waals surface area (Å²) >= 11 is 0. The molecule has 0 atom stereocenters. The second kappa shape index (κ2) is 10.4. The molecule has 0 amide bonds. The van der Waals surface area contributed by atoms with Crippen LogP contribution >= 0.6 is 0 Å². The standard InChI is InChI=1S/C27H26F4N2O4/c1-4-35-25(34)26(2,3)37-20-11-12-22(21(28)13-20)36-15-18-14-32-24(33-23(18)16-5-6-16)17-7-9-19(10-8-17)27(29,30)31/h7-14,16H,4-6,15H2,1-3H3. The second-order valence-corrected chi connectivity index (χ2v) is 9.17. The van der Waals surface area contributed by atoms with Gasteiger partial charge in [-0.2, -0.15) is 13.2 Å². The number of carbonyl (C=O) groups is 1. The van der Waals surface area contributed by atoms with Gasteiger partial charge in [-0.05, 0) is 57.9 Å². The van der Waals surface area contributed by atoms with E-state index in [0.717, 1.165) is 36.7 Å². The van der Waals surface area contributed by atoms with Crippen molar-refractivity contribution in [1.29, 1.82) is 0 Å². The first kappa shape index (κ1) is 26.4. The van der Waals surface area contributed by atoms with Crippen LogP contribution in [0.5, 0.6) is 11.5 Å². The third-order valence-electron chi connectivity index (χ3n) is 5.76. The van der Waals surface area contributed by atoms with E-state index in [4.69, 9.17) is 14.2 Å². The Morgan fingerprint density at radius 3 is 2.38 bits per heavy atom. The van der Waals surface area contributed by atoms with Gasteiger partial charge in [-0.3, -0.25) is 0 Å². The molecule has 0 bridgehead atoms. The molecule has 1 fully saturated rings. The Hall–Kier alpha value is -3.69. The van der Waals surface area contributed by atoms with Crippen molar-refractivity contribution in [3.8, 4) is 22.9 Å². The van der Waals surface area contributed by atoms with Crippen molar-refractivity contribution in [1.82, 2.24) is 9.97 Å². The van der Waals surface area contributed by atoms with Gasteiger partial charge < -0.3 is 14.2 Å². The fourth-order valence-corrected chi connectivity index (χ4v) is 3.65. The zero-order valence-corrected chi connectivity index (χ0v) is 20.6. The lowest BCUT2D eigenvalue weighted by Crippen LogP contribution is -2.39. The molecule has 4 rings (SSSR count). The molecule has 0 unspecified atom stereocenters. The maximum atomic E-state index is 14.7. The van der Waals surface area contributed by atoms with Gasteiger partial charge in [-0.15, -0.1) is 0 Å². The molecule has 37 heavy (non-hydrogen) atoms. The van der Waals surface area contributed by atoms with Gasteiger partial charge in [0.2, 0.25) is 0 Å². The largest absolute Gasteiger partial charge is 0.486 e. The summed E-state index contributed by atoms with van der Waals surface area (Å²) < 4.78 is 69.6. The van der Waals surface area contributed by atoms with Crippen molar-refractivity contribution in [2.45, 2.75) is 57.9 Å². The van der Waals surface area contributed by atoms with E-state index in [9.17, 15) is 22.4 Å². The minimum Gasteiger partial charge on any atom is -0.486 e. The van der Waals surface area contributed by atoms with Crippen LogP contribution in [0.2, 0.25) is 0 Å². The number of benzene rings is 2. The summed E-state index contributed by atoms with van der Waals surface area (Å²) in [6.45, 7) is 4.94. The molecule has 1 aliphatic carbocycles. The van der Waals surface area contributed by atoms with Gasteiger partial charge in [0.25, 0.3) is 0 Å². The van der Waals surface area contributed by atoms with Gasteiger partial charge in [0, 0.05) is 29.3 Å². The van der Waals surface area contributed by atoms with Crippen LogP contribution < -0.4 is 9.47 Å². The van der Waals surface area contributed by atoms with E-state index in [2.05, 4.69) is 9.97 Å². The zero-order chi connectivity index (χ0) is 26.8. The van der Waals surface area contributed by atoms with Gasteiger partial charge in [0.1, 0.15) is 12.4 Å². The molecule has 0 N–H and O–H groups in total.